The van der Waals surface area contributed by atoms with Gasteiger partial charge in [-0.2, -0.15) is 0 Å². The standard InChI is InChI=1S/C24H20BrN3O2S/c25-16-10-12-17(13-11-16)26-20(29)14-28-22(15-6-2-1-3-7-15)27-23-21(24(28)30)18-8-4-5-9-19(18)31-23/h1-3,6-7,10-13H,4-5,8-9,14H2,(H,26,29). The number of hydrogen-bond acceptors (Lipinski definition) is 4. The molecule has 7 heteroatoms. The molecule has 0 aliphatic heterocycles. The van der Waals surface area contributed by atoms with Crippen molar-refractivity contribution in [2.45, 2.75) is 32.2 Å². The van der Waals surface area contributed by atoms with Gasteiger partial charge in [0.2, 0.25) is 5.91 Å². The first-order chi connectivity index (χ1) is 15.1. The van der Waals surface area contributed by atoms with Gasteiger partial charge in [-0.15, -0.1) is 11.3 Å². The smallest absolute Gasteiger partial charge is 0.263 e. The number of nitrogens with one attached hydrogen (secondary N) is 1. The number of anilines is 1. The van der Waals surface area contributed by atoms with Crippen LogP contribution >= 0.6 is 27.3 Å². The minimum absolute atomic E-state index is 0.0906. The Morgan fingerprint density at radius 2 is 1.81 bits per heavy atom. The fourth-order valence-corrected chi connectivity index (χ4v) is 5.59. The number of fused-ring (bicyclic) bond motifs is 3. The summed E-state index contributed by atoms with van der Waals surface area (Å²) in [6, 6.07) is 17.0. The number of halogens is 1. The molecule has 0 spiro atoms. The SMILES string of the molecule is O=C(Cn1c(-c2ccccc2)nc2sc3c(c2c1=O)CCCC3)Nc1ccc(Br)cc1. The van der Waals surface area contributed by atoms with Crippen LogP contribution in [0.3, 0.4) is 0 Å². The predicted octanol–water partition coefficient (Wildman–Crippen LogP) is 5.41. The number of hydrogen-bond donors (Lipinski definition) is 1. The molecular weight excluding hydrogens is 474 g/mol. The third-order valence-corrected chi connectivity index (χ3v) is 7.25. The number of aryl methyl sites for hydroxylation is 2. The van der Waals surface area contributed by atoms with Gasteiger partial charge in [0.1, 0.15) is 17.2 Å². The quantitative estimate of drug-likeness (QED) is 0.413. The first-order valence-electron chi connectivity index (χ1n) is 10.3. The second-order valence-electron chi connectivity index (χ2n) is 7.64. The third kappa shape index (κ3) is 3.95. The molecule has 31 heavy (non-hydrogen) atoms. The van der Waals surface area contributed by atoms with Crippen molar-refractivity contribution < 1.29 is 4.79 Å². The topological polar surface area (TPSA) is 64.0 Å². The highest BCUT2D eigenvalue weighted by Gasteiger charge is 2.23. The van der Waals surface area contributed by atoms with Crippen LogP contribution in [0.15, 0.2) is 63.9 Å². The molecule has 0 bridgehead atoms. The normalized spacial score (nSPS) is 13.2. The third-order valence-electron chi connectivity index (χ3n) is 5.54. The van der Waals surface area contributed by atoms with E-state index in [1.54, 1.807) is 11.3 Å². The molecule has 1 aliphatic rings. The van der Waals surface area contributed by atoms with Gasteiger partial charge in [0, 0.05) is 20.6 Å². The lowest BCUT2D eigenvalue weighted by molar-refractivity contribution is -0.116. The van der Waals surface area contributed by atoms with Gasteiger partial charge in [0.05, 0.1) is 5.39 Å². The summed E-state index contributed by atoms with van der Waals surface area (Å²) in [6.07, 6.45) is 4.14. The van der Waals surface area contributed by atoms with Crippen molar-refractivity contribution >= 4 is 49.1 Å². The Bertz CT molecular complexity index is 1330. The summed E-state index contributed by atoms with van der Waals surface area (Å²) >= 11 is 5.02. The molecule has 0 atom stereocenters. The van der Waals surface area contributed by atoms with E-state index in [2.05, 4.69) is 21.2 Å². The second kappa shape index (κ2) is 8.40. The summed E-state index contributed by atoms with van der Waals surface area (Å²) in [7, 11) is 0. The minimum atomic E-state index is -0.258. The molecule has 5 rings (SSSR count). The first-order valence-corrected chi connectivity index (χ1v) is 11.9. The largest absolute Gasteiger partial charge is 0.325 e. The number of thiophene rings is 1. The maximum atomic E-state index is 13.6. The fraction of sp³-hybridized carbons (Fsp3) is 0.208. The zero-order valence-corrected chi connectivity index (χ0v) is 19.1. The van der Waals surface area contributed by atoms with E-state index in [1.807, 2.05) is 54.6 Å². The van der Waals surface area contributed by atoms with E-state index in [0.717, 1.165) is 46.1 Å². The molecule has 1 aliphatic carbocycles. The Balaban J connectivity index is 1.60. The number of rotatable bonds is 4. The molecule has 1 amide bonds. The van der Waals surface area contributed by atoms with E-state index < -0.39 is 0 Å². The van der Waals surface area contributed by atoms with E-state index in [0.29, 0.717) is 16.9 Å². The van der Waals surface area contributed by atoms with Crippen LogP contribution in [-0.4, -0.2) is 15.5 Å². The van der Waals surface area contributed by atoms with Crippen molar-refractivity contribution in [1.82, 2.24) is 9.55 Å². The molecule has 0 saturated carbocycles. The van der Waals surface area contributed by atoms with Crippen molar-refractivity contribution in [3.05, 3.63) is 79.9 Å². The Morgan fingerprint density at radius 1 is 1.06 bits per heavy atom. The van der Waals surface area contributed by atoms with Crippen LogP contribution in [0.4, 0.5) is 5.69 Å². The molecule has 0 fully saturated rings. The number of aromatic nitrogens is 2. The van der Waals surface area contributed by atoms with Crippen LogP contribution < -0.4 is 10.9 Å². The molecule has 0 radical (unpaired) electrons. The summed E-state index contributed by atoms with van der Waals surface area (Å²) < 4.78 is 2.46. The van der Waals surface area contributed by atoms with Gasteiger partial charge in [-0.3, -0.25) is 14.2 Å². The van der Waals surface area contributed by atoms with Gasteiger partial charge < -0.3 is 5.32 Å². The van der Waals surface area contributed by atoms with Crippen LogP contribution in [0.1, 0.15) is 23.3 Å². The number of carbonyl (C=O) groups is 1. The number of benzene rings is 2. The molecule has 156 valence electrons. The molecular formula is C24H20BrN3O2S. The molecule has 5 nitrogen and oxygen atoms in total. The summed E-state index contributed by atoms with van der Waals surface area (Å²) in [5.74, 6) is 0.273. The van der Waals surface area contributed by atoms with Crippen LogP contribution in [0.25, 0.3) is 21.6 Å². The minimum Gasteiger partial charge on any atom is -0.325 e. The Kier molecular flexibility index (Phi) is 5.46. The lowest BCUT2D eigenvalue weighted by atomic mass is 9.97. The highest BCUT2D eigenvalue weighted by atomic mass is 79.9. The van der Waals surface area contributed by atoms with Gasteiger partial charge in [-0.1, -0.05) is 46.3 Å². The fourth-order valence-electron chi connectivity index (χ4n) is 4.07. The summed E-state index contributed by atoms with van der Waals surface area (Å²) in [5.41, 5.74) is 2.51. The van der Waals surface area contributed by atoms with Crippen LogP contribution in [0.2, 0.25) is 0 Å². The number of carbonyl (C=O) groups excluding carboxylic acids is 1. The van der Waals surface area contributed by atoms with Gasteiger partial charge >= 0.3 is 0 Å². The highest BCUT2D eigenvalue weighted by molar-refractivity contribution is 9.10. The predicted molar refractivity (Wildman–Crippen MR) is 129 cm³/mol. The van der Waals surface area contributed by atoms with Crippen LogP contribution in [0.5, 0.6) is 0 Å². The van der Waals surface area contributed by atoms with Crippen molar-refractivity contribution in [3.63, 3.8) is 0 Å². The number of amides is 1. The molecule has 2 aromatic carbocycles. The van der Waals surface area contributed by atoms with E-state index in [1.165, 1.54) is 9.44 Å². The molecule has 2 heterocycles. The van der Waals surface area contributed by atoms with Crippen molar-refractivity contribution in [1.29, 1.82) is 0 Å². The Morgan fingerprint density at radius 3 is 2.58 bits per heavy atom. The van der Waals surface area contributed by atoms with Gasteiger partial charge in [0.25, 0.3) is 5.56 Å². The molecule has 1 N–H and O–H groups in total. The second-order valence-corrected chi connectivity index (χ2v) is 9.64. The lowest BCUT2D eigenvalue weighted by Gasteiger charge is -2.14. The Labute approximate surface area is 191 Å². The van der Waals surface area contributed by atoms with Gasteiger partial charge in [0.15, 0.2) is 0 Å². The van der Waals surface area contributed by atoms with Crippen molar-refractivity contribution in [2.24, 2.45) is 0 Å². The maximum Gasteiger partial charge on any atom is 0.263 e. The van der Waals surface area contributed by atoms with Gasteiger partial charge in [-0.05, 0) is 55.5 Å². The Hall–Kier alpha value is -2.77. The average molecular weight is 494 g/mol. The molecule has 0 unspecified atom stereocenters. The van der Waals surface area contributed by atoms with Crippen molar-refractivity contribution in [3.8, 4) is 11.4 Å². The molecule has 2 aromatic heterocycles. The monoisotopic (exact) mass is 493 g/mol. The summed E-state index contributed by atoms with van der Waals surface area (Å²) in [5, 5.41) is 3.57. The maximum absolute atomic E-state index is 13.6. The highest BCUT2D eigenvalue weighted by Crippen LogP contribution is 2.34. The van der Waals surface area contributed by atoms with Crippen molar-refractivity contribution in [2.75, 3.05) is 5.32 Å². The average Bonchev–Trinajstić information content (AvgIpc) is 3.16. The zero-order valence-electron chi connectivity index (χ0n) is 16.7. The summed E-state index contributed by atoms with van der Waals surface area (Å²) in [6.45, 7) is -0.0906. The molecule has 4 aromatic rings. The van der Waals surface area contributed by atoms with E-state index in [9.17, 15) is 9.59 Å². The summed E-state index contributed by atoms with van der Waals surface area (Å²) in [4.78, 5) is 33.4. The van der Waals surface area contributed by atoms with Gasteiger partial charge in [-0.25, -0.2) is 4.98 Å². The molecule has 0 saturated heterocycles. The van der Waals surface area contributed by atoms with E-state index in [4.69, 9.17) is 4.98 Å². The zero-order chi connectivity index (χ0) is 21.4. The van der Waals surface area contributed by atoms with Crippen LogP contribution in [-0.2, 0) is 24.2 Å². The van der Waals surface area contributed by atoms with E-state index in [-0.39, 0.29) is 18.0 Å². The van der Waals surface area contributed by atoms with Crippen LogP contribution in [0, 0.1) is 0 Å². The first kappa shape index (κ1) is 20.2. The van der Waals surface area contributed by atoms with E-state index >= 15 is 0 Å². The lowest BCUT2D eigenvalue weighted by Crippen LogP contribution is -2.30. The number of nitrogens with zero attached hydrogens (tertiary/aromatic N) is 2.